The predicted molar refractivity (Wildman–Crippen MR) is 65.8 cm³/mol. The second kappa shape index (κ2) is 6.05. The summed E-state index contributed by atoms with van der Waals surface area (Å²) in [4.78, 5) is 8.50. The van der Waals surface area contributed by atoms with Gasteiger partial charge in [0.1, 0.15) is 5.82 Å². The number of rotatable bonds is 5. The minimum atomic E-state index is -4.54. The average molecular weight is 278 g/mol. The number of aromatic nitrogens is 2. The van der Waals surface area contributed by atoms with Gasteiger partial charge in [0, 0.05) is 19.7 Å². The van der Waals surface area contributed by atoms with Crippen LogP contribution < -0.4 is 10.6 Å². The van der Waals surface area contributed by atoms with Crippen molar-refractivity contribution >= 4 is 11.8 Å². The average Bonchev–Trinajstić information content (AvgIpc) is 2.26. The van der Waals surface area contributed by atoms with Crippen LogP contribution in [0.2, 0.25) is 0 Å². The molecule has 0 spiro atoms. The maximum atomic E-state index is 12.6. The van der Waals surface area contributed by atoms with Crippen LogP contribution in [0.25, 0.3) is 0 Å². The molecule has 0 bridgehead atoms. The Labute approximate surface area is 109 Å². The number of hydrogen-bond acceptors (Lipinski definition) is 5. The lowest BCUT2D eigenvalue weighted by Crippen LogP contribution is -2.26. The van der Waals surface area contributed by atoms with Gasteiger partial charge in [0.2, 0.25) is 5.95 Å². The van der Waals surface area contributed by atoms with E-state index in [2.05, 4.69) is 9.97 Å². The molecule has 1 rings (SSSR count). The lowest BCUT2D eigenvalue weighted by atomic mass is 10.3. The lowest BCUT2D eigenvalue weighted by molar-refractivity contribution is -0.141. The van der Waals surface area contributed by atoms with Crippen LogP contribution in [-0.4, -0.2) is 36.3 Å². The Hall–Kier alpha value is -1.57. The second-order valence-electron chi connectivity index (χ2n) is 4.31. The maximum Gasteiger partial charge on any atom is 0.433 e. The number of hydrogen-bond donors (Lipinski definition) is 1. The third-order valence-corrected chi connectivity index (χ3v) is 2.29. The molecule has 1 heterocycles. The van der Waals surface area contributed by atoms with Gasteiger partial charge in [-0.3, -0.25) is 0 Å². The first kappa shape index (κ1) is 15.5. The third-order valence-electron chi connectivity index (χ3n) is 2.29. The van der Waals surface area contributed by atoms with Gasteiger partial charge < -0.3 is 15.4 Å². The van der Waals surface area contributed by atoms with Gasteiger partial charge in [-0.05, 0) is 13.8 Å². The summed E-state index contributed by atoms with van der Waals surface area (Å²) in [5.74, 6) is -0.284. The highest BCUT2D eigenvalue weighted by Gasteiger charge is 2.33. The fraction of sp³-hybridized carbons (Fsp3) is 0.636. The minimum absolute atomic E-state index is 0.0644. The summed E-state index contributed by atoms with van der Waals surface area (Å²) in [5.41, 5.74) is 4.24. The predicted octanol–water partition coefficient (Wildman–Crippen LogP) is 1.94. The van der Waals surface area contributed by atoms with Gasteiger partial charge in [-0.25, -0.2) is 4.98 Å². The van der Waals surface area contributed by atoms with Crippen LogP contribution >= 0.6 is 0 Å². The molecule has 19 heavy (non-hydrogen) atoms. The Bertz CT molecular complexity index is 423. The van der Waals surface area contributed by atoms with Crippen molar-refractivity contribution in [2.75, 3.05) is 30.8 Å². The van der Waals surface area contributed by atoms with Crippen molar-refractivity contribution in [1.29, 1.82) is 0 Å². The summed E-state index contributed by atoms with van der Waals surface area (Å²) in [6.45, 7) is 4.56. The number of alkyl halides is 3. The molecule has 0 aromatic carbocycles. The molecule has 1 aromatic heterocycles. The lowest BCUT2D eigenvalue weighted by Gasteiger charge is -2.20. The molecule has 0 saturated carbocycles. The molecule has 0 atom stereocenters. The molecular weight excluding hydrogens is 261 g/mol. The van der Waals surface area contributed by atoms with E-state index < -0.39 is 17.8 Å². The molecular formula is C11H17F3N4O. The summed E-state index contributed by atoms with van der Waals surface area (Å²) in [6, 6.07) is 0.867. The van der Waals surface area contributed by atoms with E-state index in [0.717, 1.165) is 6.07 Å². The van der Waals surface area contributed by atoms with Crippen molar-refractivity contribution < 1.29 is 17.9 Å². The smallest absolute Gasteiger partial charge is 0.377 e. The highest BCUT2D eigenvalue weighted by molar-refractivity contribution is 5.43. The molecule has 0 unspecified atom stereocenters. The van der Waals surface area contributed by atoms with E-state index in [1.165, 1.54) is 4.90 Å². The summed E-state index contributed by atoms with van der Waals surface area (Å²) in [7, 11) is 1.62. The molecule has 0 aliphatic carbocycles. The number of ether oxygens (including phenoxy) is 1. The van der Waals surface area contributed by atoms with E-state index in [1.807, 2.05) is 13.8 Å². The number of nitrogens with two attached hydrogens (primary N) is 1. The van der Waals surface area contributed by atoms with Gasteiger partial charge in [-0.1, -0.05) is 0 Å². The normalized spacial score (nSPS) is 11.9. The highest BCUT2D eigenvalue weighted by atomic mass is 19.4. The van der Waals surface area contributed by atoms with E-state index in [9.17, 15) is 13.2 Å². The largest absolute Gasteiger partial charge is 0.433 e. The molecule has 0 amide bonds. The number of likely N-dealkylation sites (N-methyl/N-ethyl adjacent to an activating group) is 1. The van der Waals surface area contributed by atoms with Crippen LogP contribution in [0.1, 0.15) is 19.5 Å². The summed E-state index contributed by atoms with van der Waals surface area (Å²) in [6.07, 6.45) is -4.48. The highest BCUT2D eigenvalue weighted by Crippen LogP contribution is 2.29. The summed E-state index contributed by atoms with van der Waals surface area (Å²) < 4.78 is 43.1. The SMILES string of the molecule is CC(C)OCCN(C)c1cc(C(F)(F)F)nc(N)n1. The maximum absolute atomic E-state index is 12.6. The zero-order valence-electron chi connectivity index (χ0n) is 11.0. The molecule has 0 fully saturated rings. The first-order valence-corrected chi connectivity index (χ1v) is 5.74. The zero-order valence-corrected chi connectivity index (χ0v) is 11.0. The van der Waals surface area contributed by atoms with Gasteiger partial charge in [0.05, 0.1) is 12.7 Å². The van der Waals surface area contributed by atoms with E-state index in [-0.39, 0.29) is 11.9 Å². The topological polar surface area (TPSA) is 64.3 Å². The van der Waals surface area contributed by atoms with Crippen molar-refractivity contribution in [2.24, 2.45) is 0 Å². The van der Waals surface area contributed by atoms with E-state index in [0.29, 0.717) is 13.2 Å². The van der Waals surface area contributed by atoms with Crippen molar-refractivity contribution in [3.05, 3.63) is 11.8 Å². The van der Waals surface area contributed by atoms with Crippen LogP contribution in [0.5, 0.6) is 0 Å². The van der Waals surface area contributed by atoms with Crippen LogP contribution in [0, 0.1) is 0 Å². The van der Waals surface area contributed by atoms with Gasteiger partial charge in [-0.15, -0.1) is 0 Å². The molecule has 0 aliphatic heterocycles. The van der Waals surface area contributed by atoms with Crippen LogP contribution in [0.15, 0.2) is 6.07 Å². The quantitative estimate of drug-likeness (QED) is 0.891. The fourth-order valence-electron chi connectivity index (χ4n) is 1.33. The molecule has 0 radical (unpaired) electrons. The molecule has 2 N–H and O–H groups in total. The Morgan fingerprint density at radius 2 is 2.00 bits per heavy atom. The third kappa shape index (κ3) is 4.90. The summed E-state index contributed by atoms with van der Waals surface area (Å²) in [5, 5.41) is 0. The fourth-order valence-corrected chi connectivity index (χ4v) is 1.33. The van der Waals surface area contributed by atoms with Gasteiger partial charge in [-0.2, -0.15) is 18.2 Å². The molecule has 1 aromatic rings. The number of nitrogens with zero attached hydrogens (tertiary/aromatic N) is 3. The number of halogens is 3. The van der Waals surface area contributed by atoms with Gasteiger partial charge in [0.15, 0.2) is 5.69 Å². The minimum Gasteiger partial charge on any atom is -0.377 e. The standard InChI is InChI=1S/C11H17F3N4O/c1-7(2)19-5-4-18(3)9-6-8(11(12,13)14)16-10(15)17-9/h6-7H,4-5H2,1-3H3,(H2,15,16,17). The van der Waals surface area contributed by atoms with E-state index in [1.54, 1.807) is 7.05 Å². The molecule has 108 valence electrons. The van der Waals surface area contributed by atoms with E-state index >= 15 is 0 Å². The van der Waals surface area contributed by atoms with Gasteiger partial charge in [0.25, 0.3) is 0 Å². The number of nitrogen functional groups attached to an aromatic ring is 1. The molecule has 5 nitrogen and oxygen atoms in total. The molecule has 0 saturated heterocycles. The van der Waals surface area contributed by atoms with E-state index in [4.69, 9.17) is 10.5 Å². The van der Waals surface area contributed by atoms with Crippen LogP contribution in [-0.2, 0) is 10.9 Å². The molecule has 8 heteroatoms. The first-order valence-electron chi connectivity index (χ1n) is 5.74. The van der Waals surface area contributed by atoms with Crippen LogP contribution in [0.3, 0.4) is 0 Å². The monoisotopic (exact) mass is 278 g/mol. The zero-order chi connectivity index (χ0) is 14.6. The van der Waals surface area contributed by atoms with Crippen molar-refractivity contribution in [3.63, 3.8) is 0 Å². The molecule has 0 aliphatic rings. The van der Waals surface area contributed by atoms with Crippen LogP contribution in [0.4, 0.5) is 24.9 Å². The second-order valence-corrected chi connectivity index (χ2v) is 4.31. The first-order chi connectivity index (χ1) is 8.70. The Kier molecular flexibility index (Phi) is 4.93. The van der Waals surface area contributed by atoms with Crippen molar-refractivity contribution in [1.82, 2.24) is 9.97 Å². The Balaban J connectivity index is 2.79. The summed E-state index contributed by atoms with van der Waals surface area (Å²) >= 11 is 0. The van der Waals surface area contributed by atoms with Crippen molar-refractivity contribution in [2.45, 2.75) is 26.1 Å². The Morgan fingerprint density at radius 1 is 1.37 bits per heavy atom. The van der Waals surface area contributed by atoms with Gasteiger partial charge >= 0.3 is 6.18 Å². The van der Waals surface area contributed by atoms with Crippen molar-refractivity contribution in [3.8, 4) is 0 Å². The number of anilines is 2. The Morgan fingerprint density at radius 3 is 2.53 bits per heavy atom.